The summed E-state index contributed by atoms with van der Waals surface area (Å²) in [7, 11) is 2.09. The van der Waals surface area contributed by atoms with Crippen LogP contribution in [-0.4, -0.2) is 53.4 Å². The van der Waals surface area contributed by atoms with E-state index in [1.54, 1.807) is 18.3 Å². The Morgan fingerprint density at radius 3 is 3.06 bits per heavy atom. The Labute approximate surface area is 106 Å². The molecule has 5 heteroatoms. The first-order valence-electron chi connectivity index (χ1n) is 5.73. The first-order chi connectivity index (χ1) is 8.16. The normalized spacial score (nSPS) is 22.2. The minimum absolute atomic E-state index is 0.0841. The predicted octanol–water partition coefficient (Wildman–Crippen LogP) is 1.32. The van der Waals surface area contributed by atoms with Gasteiger partial charge in [0, 0.05) is 43.3 Å². The number of rotatable bonds is 2. The maximum atomic E-state index is 12.0. The SMILES string of the molecule is CC1CN(C)CCN1C(=O)C=Cc1nccs1. The molecule has 1 saturated heterocycles. The van der Waals surface area contributed by atoms with Crippen molar-refractivity contribution in [2.24, 2.45) is 0 Å². The van der Waals surface area contributed by atoms with Crippen LogP contribution in [0.5, 0.6) is 0 Å². The van der Waals surface area contributed by atoms with E-state index in [4.69, 9.17) is 0 Å². The molecule has 1 aliphatic rings. The van der Waals surface area contributed by atoms with Crippen molar-refractivity contribution < 1.29 is 4.79 Å². The van der Waals surface area contributed by atoms with Crippen LogP contribution in [0.2, 0.25) is 0 Å². The Morgan fingerprint density at radius 1 is 1.59 bits per heavy atom. The summed E-state index contributed by atoms with van der Waals surface area (Å²) in [4.78, 5) is 20.3. The molecule has 0 N–H and O–H groups in total. The highest BCUT2D eigenvalue weighted by Crippen LogP contribution is 2.10. The van der Waals surface area contributed by atoms with Gasteiger partial charge in [0.25, 0.3) is 0 Å². The fourth-order valence-electron chi connectivity index (χ4n) is 2.02. The van der Waals surface area contributed by atoms with Gasteiger partial charge in [-0.3, -0.25) is 4.79 Å². The van der Waals surface area contributed by atoms with Crippen LogP contribution in [-0.2, 0) is 4.79 Å². The number of thiazole rings is 1. The van der Waals surface area contributed by atoms with E-state index in [9.17, 15) is 4.79 Å². The second kappa shape index (κ2) is 5.42. The molecule has 4 nitrogen and oxygen atoms in total. The van der Waals surface area contributed by atoms with Gasteiger partial charge in [0.2, 0.25) is 5.91 Å². The zero-order chi connectivity index (χ0) is 12.3. The number of likely N-dealkylation sites (N-methyl/N-ethyl adjacent to an activating group) is 1. The van der Waals surface area contributed by atoms with Crippen molar-refractivity contribution in [2.45, 2.75) is 13.0 Å². The summed E-state index contributed by atoms with van der Waals surface area (Å²) in [5, 5.41) is 2.78. The van der Waals surface area contributed by atoms with Crippen molar-refractivity contribution in [1.82, 2.24) is 14.8 Å². The van der Waals surface area contributed by atoms with E-state index in [1.807, 2.05) is 10.3 Å². The van der Waals surface area contributed by atoms with Crippen LogP contribution in [0, 0.1) is 0 Å². The number of hydrogen-bond acceptors (Lipinski definition) is 4. The molecule has 1 fully saturated rings. The smallest absolute Gasteiger partial charge is 0.246 e. The Bertz CT molecular complexity index is 402. The van der Waals surface area contributed by atoms with Crippen molar-refractivity contribution in [3.8, 4) is 0 Å². The van der Waals surface area contributed by atoms with Gasteiger partial charge in [-0.1, -0.05) is 0 Å². The highest BCUT2D eigenvalue weighted by Gasteiger charge is 2.23. The fraction of sp³-hybridized carbons (Fsp3) is 0.500. The van der Waals surface area contributed by atoms with Crippen molar-refractivity contribution in [1.29, 1.82) is 0 Å². The third-order valence-electron chi connectivity index (χ3n) is 2.93. The molecular weight excluding hydrogens is 234 g/mol. The number of piperazine rings is 1. The topological polar surface area (TPSA) is 36.4 Å². The van der Waals surface area contributed by atoms with Gasteiger partial charge >= 0.3 is 0 Å². The van der Waals surface area contributed by atoms with E-state index in [1.165, 1.54) is 11.3 Å². The molecule has 0 aliphatic carbocycles. The Morgan fingerprint density at radius 2 is 2.41 bits per heavy atom. The lowest BCUT2D eigenvalue weighted by Gasteiger charge is -2.37. The molecule has 0 spiro atoms. The van der Waals surface area contributed by atoms with Crippen LogP contribution in [0.3, 0.4) is 0 Å². The second-order valence-electron chi connectivity index (χ2n) is 4.35. The zero-order valence-electron chi connectivity index (χ0n) is 10.2. The summed E-state index contributed by atoms with van der Waals surface area (Å²) in [6.07, 6.45) is 5.16. The van der Waals surface area contributed by atoms with E-state index in [-0.39, 0.29) is 11.9 Å². The largest absolute Gasteiger partial charge is 0.334 e. The number of aromatic nitrogens is 1. The average molecular weight is 251 g/mol. The number of carbonyl (C=O) groups is 1. The summed E-state index contributed by atoms with van der Waals surface area (Å²) in [5.74, 6) is 0.0841. The van der Waals surface area contributed by atoms with Gasteiger partial charge in [-0.2, -0.15) is 0 Å². The lowest BCUT2D eigenvalue weighted by Crippen LogP contribution is -2.52. The lowest BCUT2D eigenvalue weighted by atomic mass is 10.2. The fourth-order valence-corrected chi connectivity index (χ4v) is 2.55. The lowest BCUT2D eigenvalue weighted by molar-refractivity contribution is -0.129. The quantitative estimate of drug-likeness (QED) is 0.744. The average Bonchev–Trinajstić information content (AvgIpc) is 2.78. The van der Waals surface area contributed by atoms with E-state index >= 15 is 0 Å². The summed E-state index contributed by atoms with van der Waals surface area (Å²) >= 11 is 1.54. The molecule has 1 unspecified atom stereocenters. The molecule has 0 saturated carbocycles. The first kappa shape index (κ1) is 12.3. The molecule has 0 radical (unpaired) electrons. The van der Waals surface area contributed by atoms with E-state index in [0.29, 0.717) is 0 Å². The maximum Gasteiger partial charge on any atom is 0.246 e. The molecule has 1 amide bonds. The first-order valence-corrected chi connectivity index (χ1v) is 6.61. The summed E-state index contributed by atoms with van der Waals surface area (Å²) in [6.45, 7) is 4.78. The van der Waals surface area contributed by atoms with Crippen molar-refractivity contribution in [3.63, 3.8) is 0 Å². The summed E-state index contributed by atoms with van der Waals surface area (Å²) in [5.41, 5.74) is 0. The zero-order valence-corrected chi connectivity index (χ0v) is 11.0. The molecule has 1 atom stereocenters. The minimum Gasteiger partial charge on any atom is -0.334 e. The maximum absolute atomic E-state index is 12.0. The highest BCUT2D eigenvalue weighted by molar-refractivity contribution is 7.10. The van der Waals surface area contributed by atoms with Crippen LogP contribution in [0.25, 0.3) is 6.08 Å². The molecular formula is C12H17N3OS. The number of hydrogen-bond donors (Lipinski definition) is 0. The molecule has 17 heavy (non-hydrogen) atoms. The van der Waals surface area contributed by atoms with Crippen LogP contribution in [0.1, 0.15) is 11.9 Å². The van der Waals surface area contributed by atoms with Crippen LogP contribution in [0.4, 0.5) is 0 Å². The number of amides is 1. The Hall–Kier alpha value is -1.20. The third kappa shape index (κ3) is 3.14. The Balaban J connectivity index is 1.96. The van der Waals surface area contributed by atoms with E-state index < -0.39 is 0 Å². The Kier molecular flexibility index (Phi) is 3.91. The highest BCUT2D eigenvalue weighted by atomic mass is 32.1. The van der Waals surface area contributed by atoms with Crippen molar-refractivity contribution in [3.05, 3.63) is 22.7 Å². The molecule has 2 heterocycles. The standard InChI is InChI=1S/C12H17N3OS/c1-10-9-14(2)6-7-15(10)12(16)4-3-11-13-5-8-17-11/h3-5,8,10H,6-7,9H2,1-2H3. The van der Waals surface area contributed by atoms with E-state index in [0.717, 1.165) is 24.6 Å². The van der Waals surface area contributed by atoms with Crippen LogP contribution >= 0.6 is 11.3 Å². The molecule has 0 bridgehead atoms. The molecule has 1 aliphatic heterocycles. The van der Waals surface area contributed by atoms with Gasteiger partial charge in [0.05, 0.1) is 0 Å². The number of carbonyl (C=O) groups excluding carboxylic acids is 1. The van der Waals surface area contributed by atoms with Crippen LogP contribution in [0.15, 0.2) is 17.7 Å². The van der Waals surface area contributed by atoms with Crippen LogP contribution < -0.4 is 0 Å². The van der Waals surface area contributed by atoms with E-state index in [2.05, 4.69) is 23.9 Å². The van der Waals surface area contributed by atoms with Gasteiger partial charge in [-0.05, 0) is 20.0 Å². The van der Waals surface area contributed by atoms with Crippen molar-refractivity contribution >= 4 is 23.3 Å². The van der Waals surface area contributed by atoms with Gasteiger partial charge in [0.1, 0.15) is 5.01 Å². The summed E-state index contributed by atoms with van der Waals surface area (Å²) in [6, 6.07) is 0.280. The number of nitrogens with zero attached hydrogens (tertiary/aromatic N) is 3. The predicted molar refractivity (Wildman–Crippen MR) is 69.8 cm³/mol. The molecule has 1 aromatic rings. The monoisotopic (exact) mass is 251 g/mol. The second-order valence-corrected chi connectivity index (χ2v) is 5.27. The van der Waals surface area contributed by atoms with Crippen molar-refractivity contribution in [2.75, 3.05) is 26.7 Å². The molecule has 1 aromatic heterocycles. The molecule has 92 valence electrons. The summed E-state index contributed by atoms with van der Waals surface area (Å²) < 4.78 is 0. The molecule has 2 rings (SSSR count). The van der Waals surface area contributed by atoms with Gasteiger partial charge in [-0.25, -0.2) is 4.98 Å². The van der Waals surface area contributed by atoms with Gasteiger partial charge in [0.15, 0.2) is 0 Å². The van der Waals surface area contributed by atoms with Gasteiger partial charge < -0.3 is 9.80 Å². The van der Waals surface area contributed by atoms with Gasteiger partial charge in [-0.15, -0.1) is 11.3 Å². The minimum atomic E-state index is 0.0841. The third-order valence-corrected chi connectivity index (χ3v) is 3.67. The molecule has 0 aromatic carbocycles.